The average Bonchev–Trinajstić information content (AvgIpc) is 3.90. The SMILES string of the molecule is CCc1c(N2CCN(C(=O)c3ncnc(C)c3OCc3ccccc3)CC2)c(=O)n2nc(-c3ccc4c(c3)COC4)nc2n1CC(=O)Nc1ccc(C=C(F)F)cc1Cl. The van der Waals surface area contributed by atoms with Crippen LogP contribution in [-0.4, -0.2) is 72.0 Å². The predicted molar refractivity (Wildman–Crippen MR) is 216 cm³/mol. The molecule has 0 aliphatic carbocycles. The summed E-state index contributed by atoms with van der Waals surface area (Å²) >= 11 is 6.38. The molecule has 0 spiro atoms. The molecule has 0 saturated carbocycles. The number of nitrogens with zero attached hydrogens (tertiary/aromatic N) is 8. The first-order chi connectivity index (χ1) is 28.6. The summed E-state index contributed by atoms with van der Waals surface area (Å²) in [6.07, 6.45) is 0.472. The number of hydrogen-bond acceptors (Lipinski definition) is 10. The third kappa shape index (κ3) is 8.13. The lowest BCUT2D eigenvalue weighted by molar-refractivity contribution is -0.116. The Labute approximate surface area is 341 Å². The summed E-state index contributed by atoms with van der Waals surface area (Å²) in [6, 6.07) is 19.5. The lowest BCUT2D eigenvalue weighted by Crippen LogP contribution is -2.51. The minimum absolute atomic E-state index is 0.0691. The van der Waals surface area contributed by atoms with E-state index < -0.39 is 17.5 Å². The third-order valence-corrected chi connectivity index (χ3v) is 10.6. The van der Waals surface area contributed by atoms with Crippen LogP contribution in [0.3, 0.4) is 0 Å². The molecular weight excluding hydrogens is 784 g/mol. The van der Waals surface area contributed by atoms with Crippen molar-refractivity contribution in [2.24, 2.45) is 0 Å². The minimum Gasteiger partial charge on any atom is -0.485 e. The van der Waals surface area contributed by atoms with Gasteiger partial charge in [-0.1, -0.05) is 67.1 Å². The molecule has 1 saturated heterocycles. The van der Waals surface area contributed by atoms with E-state index in [4.69, 9.17) is 26.1 Å². The van der Waals surface area contributed by atoms with Gasteiger partial charge in [-0.25, -0.2) is 9.97 Å². The van der Waals surface area contributed by atoms with Crippen molar-refractivity contribution in [2.75, 3.05) is 36.4 Å². The first-order valence-corrected chi connectivity index (χ1v) is 19.3. The Morgan fingerprint density at radius 3 is 2.51 bits per heavy atom. The first-order valence-electron chi connectivity index (χ1n) is 18.9. The smallest absolute Gasteiger partial charge is 0.299 e. The number of piperazine rings is 1. The highest BCUT2D eigenvalue weighted by atomic mass is 35.5. The van der Waals surface area contributed by atoms with Gasteiger partial charge in [0, 0.05) is 37.8 Å². The van der Waals surface area contributed by atoms with Gasteiger partial charge in [0.05, 0.1) is 35.3 Å². The molecule has 5 heterocycles. The molecule has 0 unspecified atom stereocenters. The second-order valence-electron chi connectivity index (χ2n) is 14.1. The second kappa shape index (κ2) is 16.8. The number of ether oxygens (including phenoxy) is 2. The van der Waals surface area contributed by atoms with Crippen LogP contribution in [0.4, 0.5) is 20.2 Å². The summed E-state index contributed by atoms with van der Waals surface area (Å²) in [6.45, 7) is 5.64. The maximum Gasteiger partial charge on any atom is 0.299 e. The van der Waals surface area contributed by atoms with Crippen molar-refractivity contribution in [1.29, 1.82) is 0 Å². The molecule has 0 atom stereocenters. The number of rotatable bonds is 11. The summed E-state index contributed by atoms with van der Waals surface area (Å²) in [7, 11) is 0. The number of amides is 2. The zero-order valence-electron chi connectivity index (χ0n) is 32.1. The Morgan fingerprint density at radius 2 is 1.76 bits per heavy atom. The van der Waals surface area contributed by atoms with Crippen LogP contribution in [0, 0.1) is 6.92 Å². The maximum atomic E-state index is 14.5. The molecule has 2 aliphatic rings. The van der Waals surface area contributed by atoms with E-state index in [1.165, 1.54) is 29.0 Å². The lowest BCUT2D eigenvalue weighted by Gasteiger charge is -2.36. The fourth-order valence-corrected chi connectivity index (χ4v) is 7.58. The van der Waals surface area contributed by atoms with Gasteiger partial charge in [-0.2, -0.15) is 18.3 Å². The number of fused-ring (bicyclic) bond motifs is 2. The van der Waals surface area contributed by atoms with E-state index in [9.17, 15) is 23.2 Å². The van der Waals surface area contributed by atoms with Crippen molar-refractivity contribution in [3.05, 3.63) is 134 Å². The van der Waals surface area contributed by atoms with Gasteiger partial charge in [0.2, 0.25) is 11.7 Å². The molecule has 2 aliphatic heterocycles. The number of halogens is 3. The Balaban J connectivity index is 1.10. The molecule has 302 valence electrons. The molecule has 1 fully saturated rings. The average molecular weight is 822 g/mol. The molecule has 17 heteroatoms. The van der Waals surface area contributed by atoms with E-state index >= 15 is 0 Å². The van der Waals surface area contributed by atoms with Gasteiger partial charge in [0.25, 0.3) is 17.5 Å². The highest BCUT2D eigenvalue weighted by Crippen LogP contribution is 2.29. The molecule has 3 aromatic heterocycles. The minimum atomic E-state index is -1.88. The molecule has 2 amide bonds. The third-order valence-electron chi connectivity index (χ3n) is 10.3. The van der Waals surface area contributed by atoms with Crippen molar-refractivity contribution in [3.8, 4) is 17.1 Å². The summed E-state index contributed by atoms with van der Waals surface area (Å²) in [5, 5.41) is 7.51. The quantitative estimate of drug-likeness (QED) is 0.157. The van der Waals surface area contributed by atoms with E-state index in [0.29, 0.717) is 54.1 Å². The van der Waals surface area contributed by atoms with Gasteiger partial charge in [-0.05, 0) is 53.8 Å². The van der Waals surface area contributed by atoms with Gasteiger partial charge in [-0.3, -0.25) is 14.4 Å². The summed E-state index contributed by atoms with van der Waals surface area (Å²) in [4.78, 5) is 59.2. The van der Waals surface area contributed by atoms with Crippen LogP contribution in [-0.2, 0) is 42.3 Å². The first kappa shape index (κ1) is 39.3. The van der Waals surface area contributed by atoms with Crippen molar-refractivity contribution < 1.29 is 27.8 Å². The van der Waals surface area contributed by atoms with Crippen LogP contribution in [0.25, 0.3) is 23.2 Å². The number of aryl methyl sites for hydroxylation is 1. The van der Waals surface area contributed by atoms with Crippen molar-refractivity contribution in [3.63, 3.8) is 0 Å². The number of anilines is 2. The summed E-state index contributed by atoms with van der Waals surface area (Å²) in [5.41, 5.74) is 5.18. The van der Waals surface area contributed by atoms with Crippen molar-refractivity contribution in [1.82, 2.24) is 34.0 Å². The monoisotopic (exact) mass is 821 g/mol. The zero-order valence-corrected chi connectivity index (χ0v) is 32.9. The molecule has 1 N–H and O–H groups in total. The van der Waals surface area contributed by atoms with Crippen LogP contribution in [0.1, 0.15) is 51.1 Å². The molecular formula is C42H38ClF2N9O5. The largest absolute Gasteiger partial charge is 0.485 e. The number of aromatic nitrogens is 6. The Hall–Kier alpha value is -6.52. The van der Waals surface area contributed by atoms with E-state index in [2.05, 4.69) is 20.4 Å². The van der Waals surface area contributed by atoms with Crippen LogP contribution >= 0.6 is 11.6 Å². The molecule has 0 radical (unpaired) electrons. The van der Waals surface area contributed by atoms with Gasteiger partial charge < -0.3 is 29.2 Å². The fraction of sp³-hybridized carbons (Fsp3) is 0.262. The standard InChI is InChI=1S/C42H38ClF2N9O5/c1-3-33-37(51-13-15-52(16-14-51)40(56)36-38(25(2)46-24-47-36)59-21-26-7-5-4-6-8-26)41(57)54-42(49-39(50-54)28-10-11-29-22-58-23-30(29)19-28)53(33)20-35(55)48-32-12-9-27(17-31(32)43)18-34(44)45/h4-12,17-19,24H,3,13-16,20-23H2,1-2H3,(H,48,55). The Kier molecular flexibility index (Phi) is 11.2. The van der Waals surface area contributed by atoms with E-state index in [1.54, 1.807) is 16.4 Å². The van der Waals surface area contributed by atoms with Crippen LogP contribution < -0.4 is 20.5 Å². The molecule has 59 heavy (non-hydrogen) atoms. The highest BCUT2D eigenvalue weighted by molar-refractivity contribution is 6.33. The van der Waals surface area contributed by atoms with Gasteiger partial charge in [0.15, 0.2) is 17.3 Å². The Bertz CT molecular complexity index is 2680. The number of benzene rings is 3. The zero-order chi connectivity index (χ0) is 41.2. The number of nitrogens with one attached hydrogen (secondary N) is 1. The molecule has 14 nitrogen and oxygen atoms in total. The van der Waals surface area contributed by atoms with E-state index in [0.717, 1.165) is 16.7 Å². The van der Waals surface area contributed by atoms with Crippen molar-refractivity contribution >= 4 is 46.6 Å². The molecule has 6 aromatic rings. The summed E-state index contributed by atoms with van der Waals surface area (Å²) < 4.78 is 40.3. The van der Waals surface area contributed by atoms with E-state index in [1.807, 2.05) is 60.4 Å². The van der Waals surface area contributed by atoms with Gasteiger partial charge in [-0.15, -0.1) is 5.10 Å². The van der Waals surface area contributed by atoms with E-state index in [-0.39, 0.29) is 78.8 Å². The van der Waals surface area contributed by atoms with Crippen molar-refractivity contribution in [2.45, 2.75) is 46.6 Å². The normalized spacial score (nSPS) is 13.7. The number of hydrogen-bond donors (Lipinski definition) is 1. The predicted octanol–water partition coefficient (Wildman–Crippen LogP) is 6.32. The van der Waals surface area contributed by atoms with Crippen LogP contribution in [0.15, 0.2) is 83.9 Å². The summed E-state index contributed by atoms with van der Waals surface area (Å²) in [5.74, 6) is -0.0737. The fourth-order valence-electron chi connectivity index (χ4n) is 7.34. The maximum absolute atomic E-state index is 14.5. The highest BCUT2D eigenvalue weighted by Gasteiger charge is 2.31. The molecule has 3 aromatic carbocycles. The number of carbonyl (C=O) groups excluding carboxylic acids is 2. The van der Waals surface area contributed by atoms with Crippen LogP contribution in [0.2, 0.25) is 5.02 Å². The van der Waals surface area contributed by atoms with Crippen LogP contribution in [0.5, 0.6) is 5.75 Å². The number of carbonyl (C=O) groups is 2. The topological polar surface area (TPSA) is 149 Å². The molecule has 8 rings (SSSR count). The lowest BCUT2D eigenvalue weighted by atomic mass is 10.1. The second-order valence-corrected chi connectivity index (χ2v) is 14.5. The Morgan fingerprint density at radius 1 is 0.983 bits per heavy atom. The van der Waals surface area contributed by atoms with Gasteiger partial charge in [0.1, 0.15) is 25.2 Å². The molecule has 0 bridgehead atoms. The van der Waals surface area contributed by atoms with Gasteiger partial charge >= 0.3 is 0 Å².